The number of hydrogen-bond acceptors (Lipinski definition) is 5. The smallest absolute Gasteiger partial charge is 0.260 e. The molecule has 0 aromatic carbocycles. The van der Waals surface area contributed by atoms with E-state index in [1.54, 1.807) is 36.4 Å². The molecule has 0 spiro atoms. The van der Waals surface area contributed by atoms with Crippen LogP contribution in [0.15, 0.2) is 24.5 Å². The zero-order valence-corrected chi connectivity index (χ0v) is 11.7. The van der Waals surface area contributed by atoms with Crippen molar-refractivity contribution in [2.24, 2.45) is 0 Å². The molecular weight excluding hydrogens is 258 g/mol. The summed E-state index contributed by atoms with van der Waals surface area (Å²) in [6.07, 6.45) is 2.93. The number of amides is 1. The fraction of sp³-hybridized carbons (Fsp3) is 0.571. The van der Waals surface area contributed by atoms with Crippen LogP contribution in [0.25, 0.3) is 0 Å². The van der Waals surface area contributed by atoms with Gasteiger partial charge < -0.3 is 14.7 Å². The highest BCUT2D eigenvalue weighted by Gasteiger charge is 2.21. The molecule has 2 heterocycles. The number of aromatic nitrogens is 1. The number of nitrogens with zero attached hydrogens (tertiary/aromatic N) is 3. The van der Waals surface area contributed by atoms with Gasteiger partial charge in [-0.05, 0) is 19.1 Å². The number of rotatable bonds is 5. The fourth-order valence-corrected chi connectivity index (χ4v) is 2.22. The third-order valence-corrected chi connectivity index (χ3v) is 3.24. The number of pyridine rings is 1. The minimum atomic E-state index is -0.328. The highest BCUT2D eigenvalue weighted by Crippen LogP contribution is 2.08. The van der Waals surface area contributed by atoms with Crippen molar-refractivity contribution in [2.75, 3.05) is 39.3 Å². The third-order valence-electron chi connectivity index (χ3n) is 3.24. The van der Waals surface area contributed by atoms with Crippen LogP contribution in [-0.4, -0.2) is 71.2 Å². The van der Waals surface area contributed by atoms with Crippen molar-refractivity contribution in [3.63, 3.8) is 0 Å². The maximum absolute atomic E-state index is 12.0. The fourth-order valence-electron chi connectivity index (χ4n) is 2.22. The average molecular weight is 279 g/mol. The number of hydrogen-bond donors (Lipinski definition) is 1. The molecule has 1 atom stereocenters. The molecule has 110 valence electrons. The predicted molar refractivity (Wildman–Crippen MR) is 74.4 cm³/mol. The first-order valence-electron chi connectivity index (χ1n) is 6.86. The molecule has 1 aliphatic rings. The van der Waals surface area contributed by atoms with E-state index in [2.05, 4.69) is 9.88 Å². The Balaban J connectivity index is 1.72. The predicted octanol–water partition coefficient (Wildman–Crippen LogP) is -0.0146. The molecule has 2 rings (SSSR count). The monoisotopic (exact) mass is 279 g/mol. The molecule has 0 radical (unpaired) electrons. The Morgan fingerprint density at radius 2 is 2.20 bits per heavy atom. The van der Waals surface area contributed by atoms with Crippen LogP contribution in [-0.2, 0) is 4.79 Å². The van der Waals surface area contributed by atoms with Crippen LogP contribution in [0.3, 0.4) is 0 Å². The van der Waals surface area contributed by atoms with Gasteiger partial charge in [0.2, 0.25) is 0 Å². The number of piperazine rings is 1. The Kier molecular flexibility index (Phi) is 5.31. The second-order valence-electron chi connectivity index (χ2n) is 5.01. The number of aliphatic hydroxyl groups excluding tert-OH is 1. The van der Waals surface area contributed by atoms with E-state index < -0.39 is 0 Å². The van der Waals surface area contributed by atoms with E-state index in [-0.39, 0.29) is 18.6 Å². The molecule has 1 N–H and O–H groups in total. The Morgan fingerprint density at radius 3 is 2.80 bits per heavy atom. The van der Waals surface area contributed by atoms with Gasteiger partial charge in [0, 0.05) is 38.9 Å². The summed E-state index contributed by atoms with van der Waals surface area (Å²) in [4.78, 5) is 19.9. The zero-order chi connectivity index (χ0) is 14.4. The van der Waals surface area contributed by atoms with Gasteiger partial charge in [-0.1, -0.05) is 0 Å². The normalized spacial score (nSPS) is 17.8. The first-order valence-corrected chi connectivity index (χ1v) is 6.86. The summed E-state index contributed by atoms with van der Waals surface area (Å²) in [5.74, 6) is 0.596. The lowest BCUT2D eigenvalue weighted by Gasteiger charge is -2.35. The Morgan fingerprint density at radius 1 is 1.45 bits per heavy atom. The van der Waals surface area contributed by atoms with Crippen molar-refractivity contribution in [3.8, 4) is 5.75 Å². The molecule has 1 aliphatic heterocycles. The van der Waals surface area contributed by atoms with Crippen molar-refractivity contribution < 1.29 is 14.6 Å². The van der Waals surface area contributed by atoms with E-state index >= 15 is 0 Å². The SMILES string of the molecule is C[C@@H](O)CN1CCN(C(=O)COc2cccnc2)CC1. The first kappa shape index (κ1) is 14.7. The van der Waals surface area contributed by atoms with Gasteiger partial charge in [0.05, 0.1) is 12.3 Å². The van der Waals surface area contributed by atoms with Crippen LogP contribution in [0.2, 0.25) is 0 Å². The van der Waals surface area contributed by atoms with E-state index in [0.717, 1.165) is 13.1 Å². The number of β-amino-alcohol motifs (C(OH)–C–C–N with tert-alkyl or cyclic N) is 1. The minimum absolute atomic E-state index is 0.00875. The summed E-state index contributed by atoms with van der Waals surface area (Å²) < 4.78 is 5.41. The van der Waals surface area contributed by atoms with Crippen LogP contribution >= 0.6 is 0 Å². The van der Waals surface area contributed by atoms with E-state index in [1.165, 1.54) is 0 Å². The number of aliphatic hydroxyl groups is 1. The quantitative estimate of drug-likeness (QED) is 0.821. The Bertz CT molecular complexity index is 417. The maximum Gasteiger partial charge on any atom is 0.260 e. The number of ether oxygens (including phenoxy) is 1. The van der Waals surface area contributed by atoms with Gasteiger partial charge >= 0.3 is 0 Å². The number of carbonyl (C=O) groups is 1. The van der Waals surface area contributed by atoms with Crippen molar-refractivity contribution in [1.82, 2.24) is 14.8 Å². The topological polar surface area (TPSA) is 65.9 Å². The van der Waals surface area contributed by atoms with Crippen molar-refractivity contribution in [3.05, 3.63) is 24.5 Å². The Hall–Kier alpha value is -1.66. The van der Waals surface area contributed by atoms with E-state index in [9.17, 15) is 9.90 Å². The highest BCUT2D eigenvalue weighted by atomic mass is 16.5. The summed E-state index contributed by atoms with van der Waals surface area (Å²) in [5.41, 5.74) is 0. The lowest BCUT2D eigenvalue weighted by molar-refractivity contribution is -0.135. The summed E-state index contributed by atoms with van der Waals surface area (Å²) >= 11 is 0. The molecule has 1 saturated heterocycles. The van der Waals surface area contributed by atoms with Gasteiger partial charge in [0.15, 0.2) is 6.61 Å². The van der Waals surface area contributed by atoms with Crippen LogP contribution in [0.4, 0.5) is 0 Å². The van der Waals surface area contributed by atoms with Gasteiger partial charge in [0.25, 0.3) is 5.91 Å². The van der Waals surface area contributed by atoms with Gasteiger partial charge in [-0.25, -0.2) is 0 Å². The molecule has 6 heteroatoms. The molecule has 0 unspecified atom stereocenters. The van der Waals surface area contributed by atoms with Gasteiger partial charge in [-0.15, -0.1) is 0 Å². The van der Waals surface area contributed by atoms with Gasteiger partial charge in [-0.2, -0.15) is 0 Å². The minimum Gasteiger partial charge on any atom is -0.482 e. The molecule has 1 fully saturated rings. The maximum atomic E-state index is 12.0. The molecular formula is C14H21N3O3. The summed E-state index contributed by atoms with van der Waals surface area (Å²) in [7, 11) is 0. The molecule has 6 nitrogen and oxygen atoms in total. The summed E-state index contributed by atoms with van der Waals surface area (Å²) in [6.45, 7) is 5.44. The highest BCUT2D eigenvalue weighted by molar-refractivity contribution is 5.77. The summed E-state index contributed by atoms with van der Waals surface area (Å²) in [6, 6.07) is 3.55. The third kappa shape index (κ3) is 4.47. The zero-order valence-electron chi connectivity index (χ0n) is 11.7. The first-order chi connectivity index (χ1) is 9.65. The van der Waals surface area contributed by atoms with Crippen LogP contribution in [0, 0.1) is 0 Å². The lowest BCUT2D eigenvalue weighted by Crippen LogP contribution is -2.51. The molecule has 1 aromatic rings. The second kappa shape index (κ2) is 7.21. The standard InChI is InChI=1S/C14H21N3O3/c1-12(18)10-16-5-7-17(8-6-16)14(19)11-20-13-3-2-4-15-9-13/h2-4,9,12,18H,5-8,10-11H2,1H3/t12-/m1/s1. The largest absolute Gasteiger partial charge is 0.482 e. The van der Waals surface area contributed by atoms with E-state index in [1.807, 2.05) is 0 Å². The Labute approximate surface area is 119 Å². The molecule has 0 bridgehead atoms. The van der Waals surface area contributed by atoms with Crippen LogP contribution in [0.5, 0.6) is 5.75 Å². The second-order valence-corrected chi connectivity index (χ2v) is 5.01. The van der Waals surface area contributed by atoms with E-state index in [4.69, 9.17) is 4.74 Å². The van der Waals surface area contributed by atoms with Crippen LogP contribution < -0.4 is 4.74 Å². The van der Waals surface area contributed by atoms with Crippen molar-refractivity contribution in [1.29, 1.82) is 0 Å². The molecule has 1 amide bonds. The average Bonchev–Trinajstić information content (AvgIpc) is 2.46. The van der Waals surface area contributed by atoms with Gasteiger partial charge in [0.1, 0.15) is 5.75 Å². The number of carbonyl (C=O) groups excluding carboxylic acids is 1. The molecule has 20 heavy (non-hydrogen) atoms. The van der Waals surface area contributed by atoms with Crippen LogP contribution in [0.1, 0.15) is 6.92 Å². The molecule has 0 aliphatic carbocycles. The van der Waals surface area contributed by atoms with Crippen molar-refractivity contribution in [2.45, 2.75) is 13.0 Å². The van der Waals surface area contributed by atoms with E-state index in [0.29, 0.717) is 25.4 Å². The van der Waals surface area contributed by atoms with Gasteiger partial charge in [-0.3, -0.25) is 14.7 Å². The molecule has 0 saturated carbocycles. The lowest BCUT2D eigenvalue weighted by atomic mass is 10.2. The molecule has 1 aromatic heterocycles. The van der Waals surface area contributed by atoms with Crippen molar-refractivity contribution >= 4 is 5.91 Å². The summed E-state index contributed by atoms with van der Waals surface area (Å²) in [5, 5.41) is 9.34.